The summed E-state index contributed by atoms with van der Waals surface area (Å²) in [6.45, 7) is 3.64. The van der Waals surface area contributed by atoms with Crippen LogP contribution in [0.2, 0.25) is 10.0 Å². The number of hydrogen-bond donors (Lipinski definition) is 3. The number of anilines is 2. The number of fused-ring (bicyclic) bond motifs is 1. The summed E-state index contributed by atoms with van der Waals surface area (Å²) in [7, 11) is 0. The second kappa shape index (κ2) is 13.9. The van der Waals surface area contributed by atoms with Crippen LogP contribution in [0, 0.1) is 11.3 Å². The molecular formula is C42H36Cl2N8O4. The number of hydrogen-bond acceptors (Lipinski definition) is 7. The molecule has 5 aromatic rings. The summed E-state index contributed by atoms with van der Waals surface area (Å²) in [5.74, 6) is -1.37. The second-order valence-corrected chi connectivity index (χ2v) is 15.8. The van der Waals surface area contributed by atoms with Gasteiger partial charge in [-0.05, 0) is 93.1 Å². The normalized spacial score (nSPS) is 19.0. The monoisotopic (exact) mass is 786 g/mol. The highest BCUT2D eigenvalue weighted by atomic mass is 35.5. The lowest BCUT2D eigenvalue weighted by atomic mass is 9.91. The van der Waals surface area contributed by atoms with Crippen LogP contribution >= 0.6 is 23.2 Å². The van der Waals surface area contributed by atoms with Gasteiger partial charge < -0.3 is 16.0 Å². The summed E-state index contributed by atoms with van der Waals surface area (Å²) in [6.07, 6.45) is 5.17. The third kappa shape index (κ3) is 6.67. The molecular weight excluding hydrogens is 751 g/mol. The van der Waals surface area contributed by atoms with Gasteiger partial charge in [-0.25, -0.2) is 9.88 Å². The minimum atomic E-state index is -1.35. The highest BCUT2D eigenvalue weighted by Crippen LogP contribution is 2.48. The summed E-state index contributed by atoms with van der Waals surface area (Å²) < 4.78 is 1.59. The third-order valence-corrected chi connectivity index (χ3v) is 11.3. The standard InChI is InChI=1S/C42H36Cl2N8O4/c1-25(28-6-4-3-5-7-28)48-35(53)29-12-17-46-34(18-29)41(13-14-41)50-37(55)42(15-16-42)49-36(54)33-24-47-39-51(32-20-30(43)19-31(44)21-32)38(56)40(2,52(33)39)22-26-8-10-27(23-45)11-9-26/h3-12,17-21,24-25H,13-16,22H2,1-2H3,(H,48,53)(H,49,54)(H,50,55)/t25-,40-/m1/s1. The van der Waals surface area contributed by atoms with Gasteiger partial charge in [0.15, 0.2) is 0 Å². The van der Waals surface area contributed by atoms with E-state index >= 15 is 0 Å². The Bertz CT molecular complexity index is 2430. The van der Waals surface area contributed by atoms with Crippen molar-refractivity contribution in [1.82, 2.24) is 30.5 Å². The maximum Gasteiger partial charge on any atom is 0.270 e. The van der Waals surface area contributed by atoms with Gasteiger partial charge in [-0.2, -0.15) is 5.26 Å². The molecule has 3 aliphatic rings. The summed E-state index contributed by atoms with van der Waals surface area (Å²) in [5, 5.41) is 19.1. The number of nitrogens with zero attached hydrogens (tertiary/aromatic N) is 5. The van der Waals surface area contributed by atoms with Gasteiger partial charge in [0, 0.05) is 28.2 Å². The van der Waals surface area contributed by atoms with E-state index in [0.29, 0.717) is 58.2 Å². The molecule has 0 unspecified atom stereocenters. The number of pyridine rings is 1. The fourth-order valence-electron chi connectivity index (χ4n) is 7.39. The van der Waals surface area contributed by atoms with Crippen molar-refractivity contribution in [2.45, 2.75) is 68.6 Å². The van der Waals surface area contributed by atoms with Crippen molar-refractivity contribution in [2.75, 3.05) is 4.90 Å². The SMILES string of the molecule is C[C@@H](NC(=O)c1ccnc(C2(NC(=O)C3(NC(=O)c4cnc5n4[C@](C)(Cc4ccc(C#N)cc4)C(=O)N5c4cc(Cl)cc(Cl)c4)CC3)CC2)c1)c1ccccc1. The highest BCUT2D eigenvalue weighted by Gasteiger charge is 2.57. The lowest BCUT2D eigenvalue weighted by Gasteiger charge is -2.27. The van der Waals surface area contributed by atoms with Crippen LogP contribution in [0.25, 0.3) is 0 Å². The summed E-state index contributed by atoms with van der Waals surface area (Å²) >= 11 is 12.7. The first-order chi connectivity index (χ1) is 26.8. The van der Waals surface area contributed by atoms with Crippen molar-refractivity contribution >= 4 is 58.5 Å². The molecule has 4 amide bonds. The van der Waals surface area contributed by atoms with Crippen LogP contribution in [0.15, 0.2) is 97.3 Å². The third-order valence-electron chi connectivity index (χ3n) is 10.9. The lowest BCUT2D eigenvalue weighted by molar-refractivity contribution is -0.125. The van der Waals surface area contributed by atoms with Crippen LogP contribution in [0.1, 0.15) is 88.8 Å². The molecule has 2 atom stereocenters. The number of imidazole rings is 1. The average molecular weight is 788 g/mol. The van der Waals surface area contributed by atoms with Crippen LogP contribution in [0.3, 0.4) is 0 Å². The van der Waals surface area contributed by atoms with Gasteiger partial charge in [-0.1, -0.05) is 65.7 Å². The van der Waals surface area contributed by atoms with Crippen LogP contribution in [-0.4, -0.2) is 43.7 Å². The molecule has 0 saturated heterocycles. The van der Waals surface area contributed by atoms with E-state index < -0.39 is 22.5 Å². The quantitative estimate of drug-likeness (QED) is 0.135. The van der Waals surface area contributed by atoms with Crippen LogP contribution in [0.4, 0.5) is 11.6 Å². The van der Waals surface area contributed by atoms with Crippen LogP contribution in [-0.2, 0) is 27.1 Å². The molecule has 0 bridgehead atoms. The molecule has 2 aromatic heterocycles. The van der Waals surface area contributed by atoms with Gasteiger partial charge in [0.1, 0.15) is 16.8 Å². The largest absolute Gasteiger partial charge is 0.346 e. The Kier molecular flexibility index (Phi) is 9.18. The van der Waals surface area contributed by atoms with Gasteiger partial charge >= 0.3 is 0 Å². The van der Waals surface area contributed by atoms with E-state index in [2.05, 4.69) is 32.0 Å². The molecule has 3 N–H and O–H groups in total. The number of carbonyl (C=O) groups is 4. The van der Waals surface area contributed by atoms with Crippen LogP contribution in [0.5, 0.6) is 0 Å². The maximum absolute atomic E-state index is 14.5. The molecule has 2 fully saturated rings. The topological polar surface area (TPSA) is 162 Å². The zero-order valence-corrected chi connectivity index (χ0v) is 32.0. The molecule has 0 spiro atoms. The summed E-state index contributed by atoms with van der Waals surface area (Å²) in [4.78, 5) is 66.4. The molecule has 282 valence electrons. The molecule has 0 radical (unpaired) electrons. The number of benzene rings is 3. The number of nitrogens with one attached hydrogen (secondary N) is 3. The zero-order valence-electron chi connectivity index (χ0n) is 30.5. The molecule has 1 aliphatic heterocycles. The number of amides is 4. The van der Waals surface area contributed by atoms with Crippen LogP contribution < -0.4 is 20.9 Å². The van der Waals surface area contributed by atoms with E-state index in [1.165, 1.54) is 11.1 Å². The minimum Gasteiger partial charge on any atom is -0.346 e. The summed E-state index contributed by atoms with van der Waals surface area (Å²) in [5.41, 5.74) is 0.351. The van der Waals surface area contributed by atoms with Crippen molar-refractivity contribution < 1.29 is 19.2 Å². The molecule has 8 rings (SSSR count). The Hall–Kier alpha value is -6.03. The van der Waals surface area contributed by atoms with E-state index in [1.807, 2.05) is 37.3 Å². The van der Waals surface area contributed by atoms with E-state index in [0.717, 1.165) is 11.1 Å². The smallest absolute Gasteiger partial charge is 0.270 e. The number of carbonyl (C=O) groups excluding carboxylic acids is 4. The predicted molar refractivity (Wildman–Crippen MR) is 209 cm³/mol. The fraction of sp³-hybridized carbons (Fsp3) is 0.262. The molecule has 14 heteroatoms. The number of aromatic nitrogens is 3. The Morgan fingerprint density at radius 2 is 1.59 bits per heavy atom. The molecule has 3 heterocycles. The van der Waals surface area contributed by atoms with Gasteiger partial charge in [-0.15, -0.1) is 0 Å². The van der Waals surface area contributed by atoms with Crippen molar-refractivity contribution in [3.8, 4) is 6.07 Å². The lowest BCUT2D eigenvalue weighted by Crippen LogP contribution is -2.52. The first-order valence-electron chi connectivity index (χ1n) is 18.2. The number of nitriles is 1. The number of halogens is 2. The average Bonchev–Trinajstić information content (AvgIpc) is 4.10. The molecule has 2 aliphatic carbocycles. The van der Waals surface area contributed by atoms with E-state index in [-0.39, 0.29) is 41.8 Å². The van der Waals surface area contributed by atoms with E-state index in [4.69, 9.17) is 23.2 Å². The first-order valence-corrected chi connectivity index (χ1v) is 19.0. The van der Waals surface area contributed by atoms with Crippen molar-refractivity contribution in [3.05, 3.63) is 141 Å². The van der Waals surface area contributed by atoms with Gasteiger partial charge in [0.25, 0.3) is 17.7 Å². The molecule has 3 aromatic carbocycles. The van der Waals surface area contributed by atoms with Crippen molar-refractivity contribution in [1.29, 1.82) is 5.26 Å². The van der Waals surface area contributed by atoms with Crippen molar-refractivity contribution in [3.63, 3.8) is 0 Å². The Morgan fingerprint density at radius 1 is 0.893 bits per heavy atom. The molecule has 12 nitrogen and oxygen atoms in total. The van der Waals surface area contributed by atoms with Crippen molar-refractivity contribution in [2.24, 2.45) is 0 Å². The summed E-state index contributed by atoms with van der Waals surface area (Å²) in [6, 6.07) is 26.5. The Labute approximate surface area is 332 Å². The number of rotatable bonds is 11. The Balaban J connectivity index is 1.03. The highest BCUT2D eigenvalue weighted by molar-refractivity contribution is 6.35. The predicted octanol–water partition coefficient (Wildman–Crippen LogP) is 6.65. The maximum atomic E-state index is 14.5. The van der Waals surface area contributed by atoms with Gasteiger partial charge in [0.05, 0.1) is 40.8 Å². The Morgan fingerprint density at radius 3 is 2.23 bits per heavy atom. The molecule has 2 saturated carbocycles. The minimum absolute atomic E-state index is 0.0884. The van der Waals surface area contributed by atoms with Gasteiger partial charge in [0.2, 0.25) is 11.9 Å². The van der Waals surface area contributed by atoms with E-state index in [9.17, 15) is 24.4 Å². The second-order valence-electron chi connectivity index (χ2n) is 14.9. The molecule has 56 heavy (non-hydrogen) atoms. The van der Waals surface area contributed by atoms with E-state index in [1.54, 1.807) is 72.3 Å². The first kappa shape index (κ1) is 36.9. The zero-order chi connectivity index (χ0) is 39.4. The fourth-order valence-corrected chi connectivity index (χ4v) is 7.90. The van der Waals surface area contributed by atoms with Gasteiger partial charge in [-0.3, -0.25) is 28.7 Å².